The fraction of sp³-hybridized carbons (Fsp3) is 0.684. The van der Waals surface area contributed by atoms with Crippen molar-refractivity contribution in [1.82, 2.24) is 5.32 Å². The third kappa shape index (κ3) is 3.95. The quantitative estimate of drug-likeness (QED) is 0.856. The molecule has 2 fully saturated rings. The summed E-state index contributed by atoms with van der Waals surface area (Å²) in [6.07, 6.45) is 9.46. The van der Waals surface area contributed by atoms with E-state index < -0.39 is 0 Å². The summed E-state index contributed by atoms with van der Waals surface area (Å²) < 4.78 is 5.91. The van der Waals surface area contributed by atoms with Crippen molar-refractivity contribution in [2.45, 2.75) is 64.5 Å². The molecule has 2 aliphatic rings. The smallest absolute Gasteiger partial charge is 0.142 e. The summed E-state index contributed by atoms with van der Waals surface area (Å²) in [6, 6.07) is 7.48. The van der Waals surface area contributed by atoms with Crippen molar-refractivity contribution in [2.24, 2.45) is 0 Å². The second-order valence-electron chi connectivity index (χ2n) is 6.65. The lowest BCUT2D eigenvalue weighted by Crippen LogP contribution is -2.30. The van der Waals surface area contributed by atoms with Gasteiger partial charge in [0.1, 0.15) is 5.75 Å². The minimum atomic E-state index is 0.711. The molecule has 0 radical (unpaired) electrons. The summed E-state index contributed by atoms with van der Waals surface area (Å²) in [5, 5.41) is 3.73. The van der Waals surface area contributed by atoms with Crippen LogP contribution in [0.2, 0.25) is 0 Å². The van der Waals surface area contributed by atoms with E-state index in [4.69, 9.17) is 4.74 Å². The molecule has 3 nitrogen and oxygen atoms in total. The number of hydrogen-bond acceptors (Lipinski definition) is 3. The van der Waals surface area contributed by atoms with E-state index in [-0.39, 0.29) is 0 Å². The molecule has 1 aliphatic carbocycles. The summed E-state index contributed by atoms with van der Waals surface area (Å²) in [7, 11) is 0. The van der Waals surface area contributed by atoms with Crippen molar-refractivity contribution in [3.8, 4) is 5.75 Å². The Hall–Kier alpha value is -1.22. The van der Waals surface area contributed by atoms with E-state index in [9.17, 15) is 0 Å². The fourth-order valence-corrected chi connectivity index (χ4v) is 3.73. The third-order valence-corrected chi connectivity index (χ3v) is 4.97. The molecule has 3 rings (SSSR count). The van der Waals surface area contributed by atoms with Gasteiger partial charge in [0.25, 0.3) is 0 Å². The SMILES string of the molecule is CCOc1cc(CNC2CCCCC2)ccc1N1CCCC1. The Morgan fingerprint density at radius 3 is 2.59 bits per heavy atom. The molecule has 1 heterocycles. The maximum Gasteiger partial charge on any atom is 0.142 e. The predicted octanol–water partition coefficient (Wildman–Crippen LogP) is 4.11. The van der Waals surface area contributed by atoms with E-state index in [0.29, 0.717) is 6.04 Å². The molecule has 122 valence electrons. The monoisotopic (exact) mass is 302 g/mol. The molecule has 0 bridgehead atoms. The zero-order valence-electron chi connectivity index (χ0n) is 13.9. The second-order valence-corrected chi connectivity index (χ2v) is 6.65. The van der Waals surface area contributed by atoms with Crippen LogP contribution in [0, 0.1) is 0 Å². The predicted molar refractivity (Wildman–Crippen MR) is 92.8 cm³/mol. The maximum atomic E-state index is 5.91. The minimum absolute atomic E-state index is 0.711. The summed E-state index contributed by atoms with van der Waals surface area (Å²) in [6.45, 7) is 6.10. The third-order valence-electron chi connectivity index (χ3n) is 4.97. The number of nitrogens with zero attached hydrogens (tertiary/aromatic N) is 1. The number of benzene rings is 1. The molecule has 1 saturated heterocycles. The number of ether oxygens (including phenoxy) is 1. The first-order chi connectivity index (χ1) is 10.9. The van der Waals surface area contributed by atoms with E-state index in [1.807, 2.05) is 0 Å². The summed E-state index contributed by atoms with van der Waals surface area (Å²) in [5.74, 6) is 1.06. The molecule has 1 N–H and O–H groups in total. The van der Waals surface area contributed by atoms with Gasteiger partial charge in [0.05, 0.1) is 12.3 Å². The van der Waals surface area contributed by atoms with Crippen LogP contribution in [0.4, 0.5) is 5.69 Å². The van der Waals surface area contributed by atoms with Gasteiger partial charge >= 0.3 is 0 Å². The summed E-state index contributed by atoms with van der Waals surface area (Å²) in [4.78, 5) is 2.46. The molecule has 0 amide bonds. The van der Waals surface area contributed by atoms with E-state index in [1.54, 1.807) is 0 Å². The van der Waals surface area contributed by atoms with Crippen molar-refractivity contribution in [3.05, 3.63) is 23.8 Å². The van der Waals surface area contributed by atoms with Crippen molar-refractivity contribution in [1.29, 1.82) is 0 Å². The Morgan fingerprint density at radius 2 is 1.86 bits per heavy atom. The zero-order chi connectivity index (χ0) is 15.2. The lowest BCUT2D eigenvalue weighted by Gasteiger charge is -2.24. The van der Waals surface area contributed by atoms with Crippen LogP contribution in [0.1, 0.15) is 57.4 Å². The average Bonchev–Trinajstić information content (AvgIpc) is 3.09. The van der Waals surface area contributed by atoms with Crippen molar-refractivity contribution >= 4 is 5.69 Å². The van der Waals surface area contributed by atoms with Gasteiger partial charge in [0.15, 0.2) is 0 Å². The lowest BCUT2D eigenvalue weighted by molar-refractivity contribution is 0.339. The molecule has 0 spiro atoms. The van der Waals surface area contributed by atoms with Gasteiger partial charge in [-0.25, -0.2) is 0 Å². The Bertz CT molecular complexity index is 463. The van der Waals surface area contributed by atoms with Gasteiger partial charge < -0.3 is 15.0 Å². The molecule has 1 aromatic carbocycles. The largest absolute Gasteiger partial charge is 0.492 e. The molecule has 1 aromatic rings. The van der Waals surface area contributed by atoms with Crippen molar-refractivity contribution in [3.63, 3.8) is 0 Å². The molecule has 0 atom stereocenters. The van der Waals surface area contributed by atoms with Crippen molar-refractivity contribution in [2.75, 3.05) is 24.6 Å². The van der Waals surface area contributed by atoms with Crippen LogP contribution in [0.5, 0.6) is 5.75 Å². The van der Waals surface area contributed by atoms with Gasteiger partial charge in [-0.05, 0) is 50.3 Å². The molecule has 22 heavy (non-hydrogen) atoms. The number of nitrogens with one attached hydrogen (secondary N) is 1. The molecule has 3 heteroatoms. The number of hydrogen-bond donors (Lipinski definition) is 1. The highest BCUT2D eigenvalue weighted by Crippen LogP contribution is 2.32. The Morgan fingerprint density at radius 1 is 1.09 bits per heavy atom. The summed E-state index contributed by atoms with van der Waals surface area (Å²) in [5.41, 5.74) is 2.62. The minimum Gasteiger partial charge on any atom is -0.492 e. The highest BCUT2D eigenvalue weighted by molar-refractivity contribution is 5.60. The highest BCUT2D eigenvalue weighted by Gasteiger charge is 2.17. The van der Waals surface area contributed by atoms with Crippen LogP contribution in [-0.4, -0.2) is 25.7 Å². The fourth-order valence-electron chi connectivity index (χ4n) is 3.73. The molecule has 1 aliphatic heterocycles. The van der Waals surface area contributed by atoms with Gasteiger partial charge in [-0.15, -0.1) is 0 Å². The van der Waals surface area contributed by atoms with Gasteiger partial charge in [-0.1, -0.05) is 25.3 Å². The first-order valence-electron chi connectivity index (χ1n) is 9.11. The highest BCUT2D eigenvalue weighted by atomic mass is 16.5. The molecular weight excluding hydrogens is 272 g/mol. The average molecular weight is 302 g/mol. The van der Waals surface area contributed by atoms with E-state index >= 15 is 0 Å². The lowest BCUT2D eigenvalue weighted by atomic mass is 9.95. The summed E-state index contributed by atoms with van der Waals surface area (Å²) >= 11 is 0. The van der Waals surface area contributed by atoms with Crippen LogP contribution < -0.4 is 15.0 Å². The normalized spacial score (nSPS) is 19.6. The molecule has 0 unspecified atom stereocenters. The zero-order valence-corrected chi connectivity index (χ0v) is 13.9. The van der Waals surface area contributed by atoms with Crippen LogP contribution in [-0.2, 0) is 6.54 Å². The van der Waals surface area contributed by atoms with Gasteiger partial charge in [-0.2, -0.15) is 0 Å². The first kappa shape index (κ1) is 15.7. The first-order valence-corrected chi connectivity index (χ1v) is 9.11. The van der Waals surface area contributed by atoms with Crippen LogP contribution in [0.25, 0.3) is 0 Å². The van der Waals surface area contributed by atoms with E-state index in [2.05, 4.69) is 35.3 Å². The standard InChI is InChI=1S/C19H30N2O/c1-2-22-19-14-16(15-20-17-8-4-3-5-9-17)10-11-18(19)21-12-6-7-13-21/h10-11,14,17,20H,2-9,12-13,15H2,1H3. The number of anilines is 1. The topological polar surface area (TPSA) is 24.5 Å². The van der Waals surface area contributed by atoms with Crippen LogP contribution in [0.3, 0.4) is 0 Å². The van der Waals surface area contributed by atoms with Gasteiger partial charge in [-0.3, -0.25) is 0 Å². The van der Waals surface area contributed by atoms with Crippen LogP contribution in [0.15, 0.2) is 18.2 Å². The number of rotatable bonds is 6. The molecule has 1 saturated carbocycles. The van der Waals surface area contributed by atoms with Gasteiger partial charge in [0, 0.05) is 25.7 Å². The Kier molecular flexibility index (Phi) is 5.60. The Labute approximate surface area is 135 Å². The Balaban J connectivity index is 1.65. The molecular formula is C19H30N2O. The van der Waals surface area contributed by atoms with Gasteiger partial charge in [0.2, 0.25) is 0 Å². The second kappa shape index (κ2) is 7.87. The van der Waals surface area contributed by atoms with E-state index in [1.165, 1.54) is 69.3 Å². The van der Waals surface area contributed by atoms with Crippen molar-refractivity contribution < 1.29 is 4.74 Å². The maximum absolute atomic E-state index is 5.91. The van der Waals surface area contributed by atoms with Crippen LogP contribution >= 0.6 is 0 Å². The van der Waals surface area contributed by atoms with E-state index in [0.717, 1.165) is 18.9 Å². The molecule has 0 aromatic heterocycles.